The lowest BCUT2D eigenvalue weighted by atomic mass is 10.3. The van der Waals surface area contributed by atoms with E-state index in [9.17, 15) is 8.78 Å². The number of nitrogens with zero attached hydrogens (tertiary/aromatic N) is 2. The molecule has 68 valence electrons. The molecule has 0 bridgehead atoms. The Bertz CT molecular complexity index is 247. The van der Waals surface area contributed by atoms with E-state index in [-0.39, 0.29) is 0 Å². The number of aromatic nitrogens is 2. The quantitative estimate of drug-likeness (QED) is 0.754. The highest BCUT2D eigenvalue weighted by Gasteiger charge is 2.14. The zero-order valence-corrected chi connectivity index (χ0v) is 6.96. The van der Waals surface area contributed by atoms with Crippen molar-refractivity contribution in [2.24, 2.45) is 7.05 Å². The van der Waals surface area contributed by atoms with Crippen LogP contribution in [-0.4, -0.2) is 22.2 Å². The second-order valence-electron chi connectivity index (χ2n) is 2.64. The van der Waals surface area contributed by atoms with Gasteiger partial charge in [0.1, 0.15) is 5.82 Å². The van der Waals surface area contributed by atoms with Crippen LogP contribution in [0.5, 0.6) is 0 Å². The molecule has 1 N–H and O–H groups in total. The molecule has 0 saturated carbocycles. The van der Waals surface area contributed by atoms with E-state index in [1.807, 2.05) is 0 Å². The van der Waals surface area contributed by atoms with Crippen LogP contribution in [0.3, 0.4) is 0 Å². The molecule has 12 heavy (non-hydrogen) atoms. The third-order valence-electron chi connectivity index (χ3n) is 1.47. The summed E-state index contributed by atoms with van der Waals surface area (Å²) in [7, 11) is 1.73. The summed E-state index contributed by atoms with van der Waals surface area (Å²) in [6.45, 7) is 1.42. The number of halogens is 2. The maximum Gasteiger partial charge on any atom is 0.258 e. The van der Waals surface area contributed by atoms with Crippen LogP contribution >= 0.6 is 0 Å². The zero-order chi connectivity index (χ0) is 9.14. The Morgan fingerprint density at radius 2 is 2.25 bits per heavy atom. The normalized spacial score (nSPS) is 13.4. The molecule has 0 aliphatic carbocycles. The monoisotopic (exact) mass is 175 g/mol. The third kappa shape index (κ3) is 2.18. The van der Waals surface area contributed by atoms with Crippen LogP contribution in [0.2, 0.25) is 0 Å². The summed E-state index contributed by atoms with van der Waals surface area (Å²) in [5.74, 6) is 0.477. The van der Waals surface area contributed by atoms with Crippen molar-refractivity contribution in [2.45, 2.75) is 19.4 Å². The summed E-state index contributed by atoms with van der Waals surface area (Å²) in [5, 5.41) is 6.49. The second kappa shape index (κ2) is 3.51. The molecule has 5 heteroatoms. The van der Waals surface area contributed by atoms with Crippen molar-refractivity contribution in [3.05, 3.63) is 12.3 Å². The van der Waals surface area contributed by atoms with E-state index in [2.05, 4.69) is 10.4 Å². The first-order valence-corrected chi connectivity index (χ1v) is 3.64. The summed E-state index contributed by atoms with van der Waals surface area (Å²) in [6, 6.07) is 0.790. The molecule has 1 unspecified atom stereocenters. The summed E-state index contributed by atoms with van der Waals surface area (Å²) < 4.78 is 25.6. The fourth-order valence-corrected chi connectivity index (χ4v) is 0.788. The van der Waals surface area contributed by atoms with Crippen molar-refractivity contribution in [1.29, 1.82) is 0 Å². The van der Waals surface area contributed by atoms with E-state index in [4.69, 9.17) is 0 Å². The van der Waals surface area contributed by atoms with Crippen molar-refractivity contribution < 1.29 is 8.78 Å². The first kappa shape index (κ1) is 8.96. The molecule has 1 heterocycles. The maximum atomic E-state index is 12.0. The minimum absolute atomic E-state index is 0.477. The van der Waals surface area contributed by atoms with Gasteiger partial charge in [-0.2, -0.15) is 5.10 Å². The van der Waals surface area contributed by atoms with Crippen molar-refractivity contribution in [1.82, 2.24) is 9.78 Å². The molecule has 0 aromatic carbocycles. The van der Waals surface area contributed by atoms with Crippen LogP contribution in [0.4, 0.5) is 14.6 Å². The Morgan fingerprint density at radius 1 is 1.58 bits per heavy atom. The molecular weight excluding hydrogens is 164 g/mol. The lowest BCUT2D eigenvalue weighted by Gasteiger charge is -2.10. The summed E-state index contributed by atoms with van der Waals surface area (Å²) in [6.07, 6.45) is -0.674. The van der Waals surface area contributed by atoms with Gasteiger partial charge in [0.25, 0.3) is 6.43 Å². The van der Waals surface area contributed by atoms with Gasteiger partial charge in [0.15, 0.2) is 0 Å². The van der Waals surface area contributed by atoms with Gasteiger partial charge in [0.2, 0.25) is 0 Å². The Morgan fingerprint density at radius 3 is 2.67 bits per heavy atom. The van der Waals surface area contributed by atoms with Crippen LogP contribution in [-0.2, 0) is 7.05 Å². The molecule has 0 aliphatic rings. The van der Waals surface area contributed by atoms with E-state index in [1.54, 1.807) is 24.0 Å². The minimum atomic E-state index is -2.37. The molecule has 1 aromatic rings. The highest BCUT2D eigenvalue weighted by atomic mass is 19.3. The molecule has 0 fully saturated rings. The molecule has 1 aromatic heterocycles. The topological polar surface area (TPSA) is 29.9 Å². The molecule has 0 radical (unpaired) electrons. The first-order chi connectivity index (χ1) is 5.59. The van der Waals surface area contributed by atoms with Gasteiger partial charge in [0.05, 0.1) is 6.04 Å². The van der Waals surface area contributed by atoms with Gasteiger partial charge in [0, 0.05) is 19.3 Å². The number of nitrogens with one attached hydrogen (secondary N) is 1. The van der Waals surface area contributed by atoms with Crippen LogP contribution in [0.25, 0.3) is 0 Å². The maximum absolute atomic E-state index is 12.0. The molecule has 1 rings (SSSR count). The molecule has 3 nitrogen and oxygen atoms in total. The zero-order valence-electron chi connectivity index (χ0n) is 6.96. The van der Waals surface area contributed by atoms with E-state index in [0.29, 0.717) is 5.82 Å². The van der Waals surface area contributed by atoms with E-state index in [1.165, 1.54) is 6.92 Å². The highest BCUT2D eigenvalue weighted by Crippen LogP contribution is 2.08. The van der Waals surface area contributed by atoms with Crippen molar-refractivity contribution >= 4 is 5.82 Å². The Hall–Kier alpha value is -1.13. The van der Waals surface area contributed by atoms with Crippen LogP contribution in [0.1, 0.15) is 6.92 Å². The van der Waals surface area contributed by atoms with Gasteiger partial charge < -0.3 is 5.32 Å². The first-order valence-electron chi connectivity index (χ1n) is 3.64. The average molecular weight is 175 g/mol. The van der Waals surface area contributed by atoms with Gasteiger partial charge in [-0.15, -0.1) is 0 Å². The Kier molecular flexibility index (Phi) is 2.62. The molecular formula is C7H11F2N3. The van der Waals surface area contributed by atoms with Crippen LogP contribution in [0, 0.1) is 0 Å². The largest absolute Gasteiger partial charge is 0.360 e. The van der Waals surface area contributed by atoms with Crippen molar-refractivity contribution in [3.8, 4) is 0 Å². The fourth-order valence-electron chi connectivity index (χ4n) is 0.788. The summed E-state index contributed by atoms with van der Waals surface area (Å²) in [5.41, 5.74) is 0. The van der Waals surface area contributed by atoms with E-state index in [0.717, 1.165) is 0 Å². The predicted molar refractivity (Wildman–Crippen MR) is 42.3 cm³/mol. The number of hydrogen-bond acceptors (Lipinski definition) is 2. The fraction of sp³-hybridized carbons (Fsp3) is 0.571. The van der Waals surface area contributed by atoms with Gasteiger partial charge in [-0.3, -0.25) is 4.68 Å². The third-order valence-corrected chi connectivity index (χ3v) is 1.47. The standard InChI is InChI=1S/C7H11F2N3/c1-5(7(8)9)10-6-3-4-12(2)11-6/h3-5,7H,1-2H3,(H,10,11). The number of aryl methyl sites for hydroxylation is 1. The van der Waals surface area contributed by atoms with Gasteiger partial charge in [-0.25, -0.2) is 8.78 Å². The van der Waals surface area contributed by atoms with Crippen LogP contribution < -0.4 is 5.32 Å². The number of rotatable bonds is 3. The molecule has 0 saturated heterocycles. The molecule has 0 aliphatic heterocycles. The number of anilines is 1. The number of hydrogen-bond donors (Lipinski definition) is 1. The second-order valence-corrected chi connectivity index (χ2v) is 2.64. The van der Waals surface area contributed by atoms with E-state index >= 15 is 0 Å². The summed E-state index contributed by atoms with van der Waals surface area (Å²) >= 11 is 0. The lowest BCUT2D eigenvalue weighted by molar-refractivity contribution is 0.130. The van der Waals surface area contributed by atoms with Gasteiger partial charge in [-0.05, 0) is 6.92 Å². The SMILES string of the molecule is CC(Nc1ccn(C)n1)C(F)F. The van der Waals surface area contributed by atoms with Crippen LogP contribution in [0.15, 0.2) is 12.3 Å². The predicted octanol–water partition coefficient (Wildman–Crippen LogP) is 1.49. The Labute approximate surface area is 69.4 Å². The summed E-state index contributed by atoms with van der Waals surface area (Å²) in [4.78, 5) is 0. The number of alkyl halides is 2. The van der Waals surface area contributed by atoms with Crippen molar-refractivity contribution in [3.63, 3.8) is 0 Å². The smallest absolute Gasteiger partial charge is 0.258 e. The molecule has 0 spiro atoms. The van der Waals surface area contributed by atoms with Gasteiger partial charge in [-0.1, -0.05) is 0 Å². The average Bonchev–Trinajstić information content (AvgIpc) is 2.35. The Balaban J connectivity index is 2.52. The minimum Gasteiger partial charge on any atom is -0.360 e. The van der Waals surface area contributed by atoms with E-state index < -0.39 is 12.5 Å². The van der Waals surface area contributed by atoms with Crippen molar-refractivity contribution in [2.75, 3.05) is 5.32 Å². The molecule has 0 amide bonds. The van der Waals surface area contributed by atoms with Gasteiger partial charge >= 0.3 is 0 Å². The molecule has 1 atom stereocenters. The lowest BCUT2D eigenvalue weighted by Crippen LogP contribution is -2.24. The highest BCUT2D eigenvalue weighted by molar-refractivity contribution is 5.33.